The number of pyridine rings is 2. The van der Waals surface area contributed by atoms with Gasteiger partial charge in [0, 0.05) is 0 Å². The van der Waals surface area contributed by atoms with E-state index in [2.05, 4.69) is 88.1 Å². The number of ether oxygens (including phenoxy) is 1. The molecule has 47 heavy (non-hydrogen) atoms. The topological polar surface area (TPSA) is 101 Å². The summed E-state index contributed by atoms with van der Waals surface area (Å²) in [5, 5.41) is 13.4. The Morgan fingerprint density at radius 2 is 1.34 bits per heavy atom. The van der Waals surface area contributed by atoms with E-state index in [1.807, 2.05) is 42.1 Å². The molecule has 2 N–H and O–H groups in total. The van der Waals surface area contributed by atoms with Gasteiger partial charge in [0.05, 0.1) is 48.0 Å². The van der Waals surface area contributed by atoms with E-state index in [1.165, 1.54) is 23.8 Å². The van der Waals surface area contributed by atoms with Gasteiger partial charge in [-0.3, -0.25) is 4.79 Å². The summed E-state index contributed by atoms with van der Waals surface area (Å²) >= 11 is 1.86. The summed E-state index contributed by atoms with van der Waals surface area (Å²) in [4.78, 5) is 33.4. The number of thioether (sulfide) groups is 1. The van der Waals surface area contributed by atoms with E-state index < -0.39 is 16.8 Å². The lowest BCUT2D eigenvalue weighted by atomic mass is 9.84. The fourth-order valence-electron chi connectivity index (χ4n) is 5.34. The van der Waals surface area contributed by atoms with Gasteiger partial charge in [-0.1, -0.05) is 115 Å². The summed E-state index contributed by atoms with van der Waals surface area (Å²) in [6, 6.07) is 42.1. The molecule has 8 heteroatoms. The van der Waals surface area contributed by atoms with Crippen molar-refractivity contribution in [3.05, 3.63) is 168 Å². The number of aliphatic hydroxyl groups is 1. The molecule has 3 aromatic carbocycles. The van der Waals surface area contributed by atoms with Crippen LogP contribution < -0.4 is 5.32 Å². The number of amides is 1. The Bertz CT molecular complexity index is 1690. The van der Waals surface area contributed by atoms with Crippen LogP contribution >= 0.6 is 11.8 Å². The van der Waals surface area contributed by atoms with E-state index in [0.29, 0.717) is 17.1 Å². The third kappa shape index (κ3) is 8.61. The van der Waals surface area contributed by atoms with Crippen molar-refractivity contribution in [1.82, 2.24) is 15.3 Å². The van der Waals surface area contributed by atoms with Crippen LogP contribution in [0.1, 0.15) is 45.7 Å². The van der Waals surface area contributed by atoms with E-state index in [1.54, 1.807) is 36.4 Å². The van der Waals surface area contributed by atoms with Crippen molar-refractivity contribution in [3.63, 3.8) is 0 Å². The average molecular weight is 644 g/mol. The number of allylic oxidation sites excluding steroid dienone is 1. The second kappa shape index (κ2) is 16.5. The maximum atomic E-state index is 12.6. The number of rotatable bonds is 14. The van der Waals surface area contributed by atoms with Gasteiger partial charge >= 0.3 is 5.97 Å². The van der Waals surface area contributed by atoms with E-state index in [-0.39, 0.29) is 24.6 Å². The quantitative estimate of drug-likeness (QED) is 0.0583. The Hall–Kier alpha value is -5.05. The van der Waals surface area contributed by atoms with Gasteiger partial charge < -0.3 is 15.2 Å². The van der Waals surface area contributed by atoms with E-state index in [9.17, 15) is 14.7 Å². The van der Waals surface area contributed by atoms with Crippen molar-refractivity contribution in [3.8, 4) is 11.4 Å². The summed E-state index contributed by atoms with van der Waals surface area (Å²) in [6.45, 7) is 0.191. The molecule has 0 radical (unpaired) electrons. The van der Waals surface area contributed by atoms with E-state index >= 15 is 0 Å². The highest BCUT2D eigenvalue weighted by molar-refractivity contribution is 8.00. The monoisotopic (exact) mass is 643 g/mol. The minimum atomic E-state index is -0.910. The maximum absolute atomic E-state index is 12.6. The standard InChI is InChI=1S/C39H37N3O4S/c1-46-38(45)36-25-14-24-35(42-36)34-23-13-21-32(41-34)28-40-37(44)27-33(43)22-11-12-26-47-39(29-15-5-2-6-16-29,30-17-7-3-8-18-30)31-19-9-4-10-20-31/h2-11,13-25,33,43H,12,26-28H2,1H3,(H,40,44)/t33-/m1/s1. The molecule has 0 aliphatic rings. The fourth-order valence-corrected chi connectivity index (χ4v) is 6.81. The molecule has 1 atom stereocenters. The molecule has 1 amide bonds. The highest BCUT2D eigenvalue weighted by Gasteiger charge is 2.36. The van der Waals surface area contributed by atoms with Crippen molar-refractivity contribution in [2.45, 2.75) is 30.2 Å². The molecule has 0 bridgehead atoms. The number of carbonyl (C=O) groups excluding carboxylic acids is 2. The molecule has 0 saturated heterocycles. The maximum Gasteiger partial charge on any atom is 0.356 e. The molecular weight excluding hydrogens is 607 g/mol. The number of hydrogen-bond donors (Lipinski definition) is 2. The second-order valence-electron chi connectivity index (χ2n) is 10.8. The first-order valence-corrected chi connectivity index (χ1v) is 16.4. The lowest BCUT2D eigenvalue weighted by molar-refractivity contribution is -0.122. The van der Waals surface area contributed by atoms with Crippen LogP contribution in [-0.2, 0) is 20.8 Å². The lowest BCUT2D eigenvalue weighted by Crippen LogP contribution is -2.26. The van der Waals surface area contributed by atoms with Crippen LogP contribution in [-0.4, -0.2) is 45.9 Å². The second-order valence-corrected chi connectivity index (χ2v) is 12.1. The normalized spacial score (nSPS) is 12.0. The summed E-state index contributed by atoms with van der Waals surface area (Å²) in [5.41, 5.74) is 5.51. The molecule has 0 fully saturated rings. The van der Waals surface area contributed by atoms with Crippen LogP contribution in [0.5, 0.6) is 0 Å². The SMILES string of the molecule is COC(=O)c1cccc(-c2cccc(CNC(=O)C[C@H](O)C=CCCSC(c3ccccc3)(c3ccccc3)c3ccccc3)n2)n1. The average Bonchev–Trinajstić information content (AvgIpc) is 3.13. The van der Waals surface area contributed by atoms with E-state index in [4.69, 9.17) is 4.74 Å². The molecule has 0 unspecified atom stereocenters. The third-order valence-electron chi connectivity index (χ3n) is 7.58. The number of nitrogens with zero attached hydrogens (tertiary/aromatic N) is 2. The highest BCUT2D eigenvalue weighted by Crippen LogP contribution is 2.48. The Morgan fingerprint density at radius 1 is 0.787 bits per heavy atom. The van der Waals surface area contributed by atoms with Gasteiger partial charge in [-0.2, -0.15) is 0 Å². The van der Waals surface area contributed by atoms with Gasteiger partial charge in [-0.25, -0.2) is 14.8 Å². The summed E-state index contributed by atoms with van der Waals surface area (Å²) in [5.74, 6) is -0.0138. The number of esters is 1. The first-order valence-electron chi connectivity index (χ1n) is 15.4. The minimum absolute atomic E-state index is 0.0615. The smallest absolute Gasteiger partial charge is 0.356 e. The van der Waals surface area contributed by atoms with Crippen molar-refractivity contribution in [2.24, 2.45) is 0 Å². The Morgan fingerprint density at radius 3 is 1.91 bits per heavy atom. The molecule has 238 valence electrons. The third-order valence-corrected chi connectivity index (χ3v) is 9.16. The number of nitrogens with one attached hydrogen (secondary N) is 1. The molecule has 5 aromatic rings. The number of hydrogen-bond acceptors (Lipinski definition) is 7. The molecule has 0 aliphatic carbocycles. The zero-order valence-corrected chi connectivity index (χ0v) is 27.0. The van der Waals surface area contributed by atoms with Gasteiger partial charge in [-0.05, 0) is 53.1 Å². The molecule has 7 nitrogen and oxygen atoms in total. The molecule has 2 heterocycles. The molecular formula is C39H37N3O4S. The molecule has 2 aromatic heterocycles. The van der Waals surface area contributed by atoms with Crippen LogP contribution in [0.2, 0.25) is 0 Å². The lowest BCUT2D eigenvalue weighted by Gasteiger charge is -2.35. The predicted molar refractivity (Wildman–Crippen MR) is 187 cm³/mol. The summed E-state index contributed by atoms with van der Waals surface area (Å²) in [6.07, 6.45) is 3.38. The minimum Gasteiger partial charge on any atom is -0.464 e. The van der Waals surface area contributed by atoms with Crippen molar-refractivity contribution < 1.29 is 19.4 Å². The molecule has 0 saturated carbocycles. The number of carbonyl (C=O) groups is 2. The van der Waals surface area contributed by atoms with Gasteiger partial charge in [0.25, 0.3) is 0 Å². The molecule has 0 spiro atoms. The predicted octanol–water partition coefficient (Wildman–Crippen LogP) is 6.97. The van der Waals surface area contributed by atoms with Crippen LogP contribution in [0.3, 0.4) is 0 Å². The molecule has 0 aliphatic heterocycles. The van der Waals surface area contributed by atoms with E-state index in [0.717, 1.165) is 12.2 Å². The van der Waals surface area contributed by atoms with Crippen LogP contribution in [0.15, 0.2) is 140 Å². The number of methoxy groups -OCH3 is 1. The Labute approximate surface area is 279 Å². The zero-order valence-electron chi connectivity index (χ0n) is 26.2. The Kier molecular flexibility index (Phi) is 11.7. The largest absolute Gasteiger partial charge is 0.464 e. The number of benzene rings is 3. The van der Waals surface area contributed by atoms with Crippen LogP contribution in [0.4, 0.5) is 0 Å². The van der Waals surface area contributed by atoms with Gasteiger partial charge in [0.1, 0.15) is 5.69 Å². The summed E-state index contributed by atoms with van der Waals surface area (Å²) < 4.78 is 4.35. The van der Waals surface area contributed by atoms with Gasteiger partial charge in [-0.15, -0.1) is 11.8 Å². The van der Waals surface area contributed by atoms with Crippen molar-refractivity contribution in [1.29, 1.82) is 0 Å². The van der Waals surface area contributed by atoms with Crippen LogP contribution in [0, 0.1) is 0 Å². The van der Waals surface area contributed by atoms with Gasteiger partial charge in [0.15, 0.2) is 0 Å². The number of aromatic nitrogens is 2. The first kappa shape index (κ1) is 33.3. The number of aliphatic hydroxyl groups excluding tert-OH is 1. The Balaban J connectivity index is 1.17. The van der Waals surface area contributed by atoms with Crippen molar-refractivity contribution in [2.75, 3.05) is 12.9 Å². The first-order chi connectivity index (χ1) is 23.0. The summed E-state index contributed by atoms with van der Waals surface area (Å²) in [7, 11) is 1.30. The fraction of sp³-hybridized carbons (Fsp3) is 0.179. The zero-order chi connectivity index (χ0) is 32.9. The van der Waals surface area contributed by atoms with Gasteiger partial charge in [0.2, 0.25) is 5.91 Å². The molecule has 5 rings (SSSR count). The van der Waals surface area contributed by atoms with Crippen molar-refractivity contribution >= 4 is 23.6 Å². The van der Waals surface area contributed by atoms with Crippen LogP contribution in [0.25, 0.3) is 11.4 Å². The highest BCUT2D eigenvalue weighted by atomic mass is 32.2.